The van der Waals surface area contributed by atoms with Gasteiger partial charge in [-0.1, -0.05) is 0 Å². The van der Waals surface area contributed by atoms with Gasteiger partial charge in [0.25, 0.3) is 0 Å². The second kappa shape index (κ2) is 7.89. The van der Waals surface area contributed by atoms with Crippen LogP contribution in [0.1, 0.15) is 25.4 Å². The lowest BCUT2D eigenvalue weighted by molar-refractivity contribution is -0.114. The molecule has 3 rings (SSSR count). The number of nitrogens with one attached hydrogen (secondary N) is 2. The summed E-state index contributed by atoms with van der Waals surface area (Å²) in [6.45, 7) is 2.03. The molecule has 0 aliphatic carbocycles. The number of anilines is 3. The molecule has 0 saturated heterocycles. The highest BCUT2D eigenvalue weighted by Gasteiger charge is 2.28. The van der Waals surface area contributed by atoms with E-state index in [1.54, 1.807) is 0 Å². The van der Waals surface area contributed by atoms with Crippen LogP contribution < -0.4 is 10.6 Å². The van der Waals surface area contributed by atoms with E-state index in [1.165, 1.54) is 43.8 Å². The van der Waals surface area contributed by atoms with Gasteiger partial charge in [-0.3, -0.25) is 9.78 Å². The number of halogens is 2. The molecule has 2 N–H and O–H groups in total. The van der Waals surface area contributed by atoms with Gasteiger partial charge in [-0.15, -0.1) is 0 Å². The van der Waals surface area contributed by atoms with Crippen LogP contribution in [-0.2, 0) is 10.7 Å². The van der Waals surface area contributed by atoms with Crippen molar-refractivity contribution in [3.05, 3.63) is 48.4 Å². The van der Waals surface area contributed by atoms with Crippen molar-refractivity contribution in [2.24, 2.45) is 0 Å². The Morgan fingerprint density at radius 2 is 1.93 bits per heavy atom. The predicted molar refractivity (Wildman–Crippen MR) is 99.2 cm³/mol. The minimum Gasteiger partial charge on any atom is -0.339 e. The lowest BCUT2D eigenvalue weighted by Gasteiger charge is -2.14. The molecule has 3 aromatic rings. The molecular formula is C18H14F2N8O. The number of hydrogen-bond acceptors (Lipinski definition) is 8. The lowest BCUT2D eigenvalue weighted by Crippen LogP contribution is -2.13. The summed E-state index contributed by atoms with van der Waals surface area (Å²) in [5.74, 6) is -3.83. The Bertz CT molecular complexity index is 1090. The average molecular weight is 396 g/mol. The Kier molecular flexibility index (Phi) is 5.36. The molecule has 0 aliphatic heterocycles. The van der Waals surface area contributed by atoms with E-state index < -0.39 is 11.7 Å². The smallest absolute Gasteiger partial charge is 0.303 e. The fourth-order valence-corrected chi connectivity index (χ4v) is 2.31. The first kappa shape index (κ1) is 19.7. The molecule has 146 valence electrons. The maximum Gasteiger partial charge on any atom is 0.303 e. The van der Waals surface area contributed by atoms with E-state index in [0.29, 0.717) is 23.9 Å². The first-order valence-electron chi connectivity index (χ1n) is 8.25. The molecule has 0 atom stereocenters. The van der Waals surface area contributed by atoms with E-state index >= 15 is 0 Å². The van der Waals surface area contributed by atoms with Crippen LogP contribution in [0.4, 0.5) is 26.1 Å². The van der Waals surface area contributed by atoms with Gasteiger partial charge in [0, 0.05) is 37.9 Å². The molecule has 1 amide bonds. The standard InChI is InChI=1S/C18H14F2N8O/c1-10(29)26-16-5-13(27-15-3-4-22-17(28-15)18(2,19)20)12(8-25-16)14-9-23-11(6-21)7-24-14/h3-5,7-9H,1-2H3,(H2,22,25,26,27,28,29). The Balaban J connectivity index is 2.04. The molecular weight excluding hydrogens is 382 g/mol. The summed E-state index contributed by atoms with van der Waals surface area (Å²) < 4.78 is 27.1. The van der Waals surface area contributed by atoms with Crippen molar-refractivity contribution in [1.82, 2.24) is 24.9 Å². The van der Waals surface area contributed by atoms with Crippen LogP contribution in [0.3, 0.4) is 0 Å². The van der Waals surface area contributed by atoms with E-state index in [9.17, 15) is 13.6 Å². The molecule has 29 heavy (non-hydrogen) atoms. The molecule has 0 saturated carbocycles. The maximum absolute atomic E-state index is 13.5. The second-order valence-electron chi connectivity index (χ2n) is 5.97. The fourth-order valence-electron chi connectivity index (χ4n) is 2.31. The summed E-state index contributed by atoms with van der Waals surface area (Å²) in [4.78, 5) is 31.0. The maximum atomic E-state index is 13.5. The van der Waals surface area contributed by atoms with Crippen molar-refractivity contribution < 1.29 is 13.6 Å². The number of nitriles is 1. The number of aromatic nitrogens is 5. The number of nitrogens with zero attached hydrogens (tertiary/aromatic N) is 6. The number of hydrogen-bond donors (Lipinski definition) is 2. The fraction of sp³-hybridized carbons (Fsp3) is 0.167. The summed E-state index contributed by atoms with van der Waals surface area (Å²) >= 11 is 0. The van der Waals surface area contributed by atoms with Gasteiger partial charge in [0.15, 0.2) is 5.69 Å². The SMILES string of the molecule is CC(=O)Nc1cc(Nc2ccnc(C(C)(F)F)n2)c(-c2cnc(C#N)cn2)cn1. The number of carbonyl (C=O) groups excluding carboxylic acids is 1. The van der Waals surface area contributed by atoms with Crippen LogP contribution in [0, 0.1) is 11.3 Å². The lowest BCUT2D eigenvalue weighted by atomic mass is 10.1. The Morgan fingerprint density at radius 3 is 2.55 bits per heavy atom. The minimum atomic E-state index is -3.21. The normalized spacial score (nSPS) is 10.9. The van der Waals surface area contributed by atoms with Crippen LogP contribution >= 0.6 is 0 Å². The molecule has 9 nitrogen and oxygen atoms in total. The first-order chi connectivity index (χ1) is 13.8. The number of rotatable bonds is 5. The van der Waals surface area contributed by atoms with Gasteiger partial charge in [-0.2, -0.15) is 14.0 Å². The number of alkyl halides is 2. The van der Waals surface area contributed by atoms with Gasteiger partial charge >= 0.3 is 5.92 Å². The van der Waals surface area contributed by atoms with Crippen LogP contribution in [0.2, 0.25) is 0 Å². The third-order valence-electron chi connectivity index (χ3n) is 3.56. The van der Waals surface area contributed by atoms with Gasteiger partial charge in [-0.25, -0.2) is 19.9 Å². The van der Waals surface area contributed by atoms with Crippen molar-refractivity contribution in [2.45, 2.75) is 19.8 Å². The zero-order chi connectivity index (χ0) is 21.0. The summed E-state index contributed by atoms with van der Waals surface area (Å²) in [6, 6.07) is 4.79. The van der Waals surface area contributed by atoms with E-state index in [4.69, 9.17) is 5.26 Å². The van der Waals surface area contributed by atoms with E-state index in [1.807, 2.05) is 6.07 Å². The van der Waals surface area contributed by atoms with Crippen LogP contribution in [0.15, 0.2) is 36.9 Å². The molecule has 0 radical (unpaired) electrons. The molecule has 3 heterocycles. The highest BCUT2D eigenvalue weighted by molar-refractivity contribution is 5.89. The summed E-state index contributed by atoms with van der Waals surface area (Å²) in [5, 5.41) is 14.3. The zero-order valence-electron chi connectivity index (χ0n) is 15.3. The molecule has 0 bridgehead atoms. The van der Waals surface area contributed by atoms with Crippen molar-refractivity contribution >= 4 is 23.2 Å². The van der Waals surface area contributed by atoms with Gasteiger partial charge in [0.2, 0.25) is 11.7 Å². The first-order valence-corrected chi connectivity index (χ1v) is 8.25. The second-order valence-corrected chi connectivity index (χ2v) is 5.97. The summed E-state index contributed by atoms with van der Waals surface area (Å²) in [5.41, 5.74) is 1.35. The summed E-state index contributed by atoms with van der Waals surface area (Å²) in [7, 11) is 0. The molecule has 11 heteroatoms. The van der Waals surface area contributed by atoms with Crippen molar-refractivity contribution in [3.8, 4) is 17.3 Å². The molecule has 0 spiro atoms. The predicted octanol–water partition coefficient (Wildman–Crippen LogP) is 3.01. The van der Waals surface area contributed by atoms with Crippen LogP contribution in [-0.4, -0.2) is 30.8 Å². The molecule has 3 aromatic heterocycles. The van der Waals surface area contributed by atoms with Gasteiger partial charge in [0.05, 0.1) is 23.8 Å². The third kappa shape index (κ3) is 4.81. The quantitative estimate of drug-likeness (QED) is 0.673. The molecule has 0 aromatic carbocycles. The summed E-state index contributed by atoms with van der Waals surface area (Å²) in [6.07, 6.45) is 5.31. The van der Waals surface area contributed by atoms with E-state index in [-0.39, 0.29) is 23.2 Å². The van der Waals surface area contributed by atoms with E-state index in [2.05, 4.69) is 35.6 Å². The van der Waals surface area contributed by atoms with Gasteiger partial charge < -0.3 is 10.6 Å². The van der Waals surface area contributed by atoms with E-state index in [0.717, 1.165) is 0 Å². The largest absolute Gasteiger partial charge is 0.339 e. The van der Waals surface area contributed by atoms with Crippen molar-refractivity contribution in [3.63, 3.8) is 0 Å². The number of carbonyl (C=O) groups is 1. The topological polar surface area (TPSA) is 129 Å². The van der Waals surface area contributed by atoms with Crippen molar-refractivity contribution in [1.29, 1.82) is 5.26 Å². The molecule has 0 unspecified atom stereocenters. The highest BCUT2D eigenvalue weighted by atomic mass is 19.3. The molecule has 0 aliphatic rings. The number of pyridine rings is 1. The highest BCUT2D eigenvalue weighted by Crippen LogP contribution is 2.31. The zero-order valence-corrected chi connectivity index (χ0v) is 15.3. The third-order valence-corrected chi connectivity index (χ3v) is 3.56. The molecule has 0 fully saturated rings. The van der Waals surface area contributed by atoms with Gasteiger partial charge in [-0.05, 0) is 6.07 Å². The monoisotopic (exact) mass is 396 g/mol. The van der Waals surface area contributed by atoms with Crippen LogP contribution in [0.25, 0.3) is 11.3 Å². The Hall–Kier alpha value is -4.07. The number of amides is 1. The minimum absolute atomic E-state index is 0.111. The van der Waals surface area contributed by atoms with Crippen molar-refractivity contribution in [2.75, 3.05) is 10.6 Å². The average Bonchev–Trinajstić information content (AvgIpc) is 2.67. The van der Waals surface area contributed by atoms with Gasteiger partial charge in [0.1, 0.15) is 17.7 Å². The Labute approximate surface area is 163 Å². The van der Waals surface area contributed by atoms with Crippen LogP contribution in [0.5, 0.6) is 0 Å². The Morgan fingerprint density at radius 1 is 1.14 bits per heavy atom.